The predicted octanol–water partition coefficient (Wildman–Crippen LogP) is 1.77. The molecule has 4 N–H and O–H groups in total. The van der Waals surface area contributed by atoms with Crippen LogP contribution < -0.4 is 20.7 Å². The van der Waals surface area contributed by atoms with Crippen LogP contribution >= 0.6 is 0 Å². The zero-order valence-corrected chi connectivity index (χ0v) is 19.5. The third-order valence-corrected chi connectivity index (χ3v) is 5.02. The van der Waals surface area contributed by atoms with E-state index in [4.69, 9.17) is 4.74 Å². The monoisotopic (exact) mass is 469 g/mol. The molecular weight excluding hydrogens is 438 g/mol. The molecule has 9 nitrogen and oxygen atoms in total. The van der Waals surface area contributed by atoms with Gasteiger partial charge in [-0.05, 0) is 42.2 Å². The second kappa shape index (κ2) is 13.0. The van der Waals surface area contributed by atoms with Gasteiger partial charge in [0.2, 0.25) is 11.8 Å². The van der Waals surface area contributed by atoms with Crippen molar-refractivity contribution in [1.29, 1.82) is 0 Å². The topological polar surface area (TPSA) is 134 Å². The van der Waals surface area contributed by atoms with Crippen LogP contribution in [0.15, 0.2) is 54.6 Å². The molecule has 0 saturated heterocycles. The molecule has 0 aliphatic carbocycles. The zero-order valence-electron chi connectivity index (χ0n) is 19.5. The Balaban J connectivity index is 2.04. The zero-order chi connectivity index (χ0) is 25.1. The second-order valence-electron chi connectivity index (χ2n) is 8.25. The first-order valence-corrected chi connectivity index (χ1v) is 11.0. The highest BCUT2D eigenvalue weighted by atomic mass is 16.5. The van der Waals surface area contributed by atoms with Crippen molar-refractivity contribution in [2.75, 3.05) is 13.7 Å². The van der Waals surface area contributed by atoms with Gasteiger partial charge in [0.05, 0.1) is 13.7 Å². The number of nitrogens with one attached hydrogen (secondary N) is 3. The first-order chi connectivity index (χ1) is 16.2. The quantitative estimate of drug-likeness (QED) is 0.374. The summed E-state index contributed by atoms with van der Waals surface area (Å²) >= 11 is 0. The maximum atomic E-state index is 12.9. The van der Waals surface area contributed by atoms with Crippen LogP contribution in [0.25, 0.3) is 0 Å². The average molecular weight is 470 g/mol. The summed E-state index contributed by atoms with van der Waals surface area (Å²) < 4.78 is 5.05. The Morgan fingerprint density at radius 1 is 0.912 bits per heavy atom. The van der Waals surface area contributed by atoms with E-state index in [-0.39, 0.29) is 25.3 Å². The lowest BCUT2D eigenvalue weighted by Crippen LogP contribution is -2.54. The molecule has 2 aromatic rings. The number of methoxy groups -OCH3 is 1. The van der Waals surface area contributed by atoms with Crippen molar-refractivity contribution in [3.8, 4) is 5.75 Å². The summed E-state index contributed by atoms with van der Waals surface area (Å²) in [5, 5.41) is 17.1. The van der Waals surface area contributed by atoms with Crippen LogP contribution in [-0.2, 0) is 20.8 Å². The molecule has 3 amide bonds. The molecule has 0 aromatic heterocycles. The van der Waals surface area contributed by atoms with E-state index in [0.717, 1.165) is 5.56 Å². The molecule has 34 heavy (non-hydrogen) atoms. The van der Waals surface area contributed by atoms with E-state index >= 15 is 0 Å². The van der Waals surface area contributed by atoms with Crippen LogP contribution in [0.1, 0.15) is 36.2 Å². The fraction of sp³-hybridized carbons (Fsp3) is 0.360. The molecule has 0 fully saturated rings. The van der Waals surface area contributed by atoms with E-state index in [1.54, 1.807) is 48.5 Å². The van der Waals surface area contributed by atoms with Crippen LogP contribution in [0.5, 0.6) is 5.75 Å². The number of aliphatic carboxylic acids is 1. The molecule has 9 heteroatoms. The number of carbonyl (C=O) groups excluding carboxylic acids is 3. The summed E-state index contributed by atoms with van der Waals surface area (Å²) in [6.07, 6.45) is 0.420. The second-order valence-corrected chi connectivity index (χ2v) is 8.25. The third kappa shape index (κ3) is 8.57. The predicted molar refractivity (Wildman–Crippen MR) is 126 cm³/mol. The van der Waals surface area contributed by atoms with E-state index in [1.807, 2.05) is 19.9 Å². The van der Waals surface area contributed by atoms with Crippen LogP contribution in [0.2, 0.25) is 0 Å². The Hall–Kier alpha value is -3.88. The minimum Gasteiger partial charge on any atom is -0.497 e. The van der Waals surface area contributed by atoms with Crippen molar-refractivity contribution in [3.63, 3.8) is 0 Å². The van der Waals surface area contributed by atoms with Crippen molar-refractivity contribution in [2.45, 2.75) is 38.8 Å². The van der Waals surface area contributed by atoms with Crippen LogP contribution in [0, 0.1) is 5.92 Å². The maximum absolute atomic E-state index is 12.9. The average Bonchev–Trinajstić information content (AvgIpc) is 2.82. The highest BCUT2D eigenvalue weighted by Gasteiger charge is 2.27. The van der Waals surface area contributed by atoms with Gasteiger partial charge in [0.1, 0.15) is 17.8 Å². The normalized spacial score (nSPS) is 12.4. The highest BCUT2D eigenvalue weighted by molar-refractivity contribution is 5.97. The molecule has 2 aromatic carbocycles. The number of carboxylic acid groups (broad SMARTS) is 1. The highest BCUT2D eigenvalue weighted by Crippen LogP contribution is 2.11. The number of hydrogen-bond acceptors (Lipinski definition) is 5. The molecule has 182 valence electrons. The lowest BCUT2D eigenvalue weighted by Gasteiger charge is -2.22. The number of ether oxygens (including phenoxy) is 1. The van der Waals surface area contributed by atoms with Crippen LogP contribution in [0.4, 0.5) is 0 Å². The summed E-state index contributed by atoms with van der Waals surface area (Å²) in [6.45, 7) is 3.37. The number of carboxylic acids is 1. The van der Waals surface area contributed by atoms with E-state index in [9.17, 15) is 24.3 Å². The fourth-order valence-corrected chi connectivity index (χ4v) is 3.27. The van der Waals surface area contributed by atoms with Gasteiger partial charge in [-0.25, -0.2) is 4.79 Å². The van der Waals surface area contributed by atoms with Gasteiger partial charge in [-0.3, -0.25) is 14.4 Å². The molecular formula is C25H31N3O6. The van der Waals surface area contributed by atoms with Gasteiger partial charge in [-0.15, -0.1) is 0 Å². The Labute approximate surface area is 198 Å². The lowest BCUT2D eigenvalue weighted by molar-refractivity contribution is -0.142. The van der Waals surface area contributed by atoms with Gasteiger partial charge in [-0.2, -0.15) is 0 Å². The standard InChI is InChI=1S/C25H31N3O6/c1-16(2)13-21(25(32)33)28-24(31)20(14-17-7-5-4-6-8-17)27-22(29)15-26-23(30)18-9-11-19(34-3)12-10-18/h4-12,16,20-21H,13-15H2,1-3H3,(H,26,30)(H,27,29)(H,28,31)(H,32,33)/t20-,21-/m0/s1. The molecule has 0 unspecified atom stereocenters. The van der Waals surface area contributed by atoms with Crippen LogP contribution in [0.3, 0.4) is 0 Å². The Kier molecular flexibility index (Phi) is 10.1. The van der Waals surface area contributed by atoms with E-state index in [0.29, 0.717) is 11.3 Å². The van der Waals surface area contributed by atoms with E-state index in [2.05, 4.69) is 16.0 Å². The largest absolute Gasteiger partial charge is 0.497 e. The maximum Gasteiger partial charge on any atom is 0.326 e. The first-order valence-electron chi connectivity index (χ1n) is 11.0. The van der Waals surface area contributed by atoms with Gasteiger partial charge in [0, 0.05) is 12.0 Å². The molecule has 0 heterocycles. The molecule has 2 rings (SSSR count). The number of benzene rings is 2. The summed E-state index contributed by atoms with van der Waals surface area (Å²) in [5.41, 5.74) is 1.14. The first kappa shape index (κ1) is 26.4. The lowest BCUT2D eigenvalue weighted by atomic mass is 10.0. The smallest absolute Gasteiger partial charge is 0.326 e. The molecule has 0 spiro atoms. The number of hydrogen-bond donors (Lipinski definition) is 4. The van der Waals surface area contributed by atoms with Gasteiger partial charge in [-0.1, -0.05) is 44.2 Å². The number of rotatable bonds is 12. The summed E-state index contributed by atoms with van der Waals surface area (Å²) in [4.78, 5) is 49.3. The van der Waals surface area contributed by atoms with Crippen molar-refractivity contribution in [3.05, 3.63) is 65.7 Å². The SMILES string of the molecule is COc1ccc(C(=O)NCC(=O)N[C@@H](Cc2ccccc2)C(=O)N[C@@H](CC(C)C)C(=O)O)cc1. The van der Waals surface area contributed by atoms with Gasteiger partial charge in [0.15, 0.2) is 0 Å². The molecule has 0 bridgehead atoms. The summed E-state index contributed by atoms with van der Waals surface area (Å²) in [7, 11) is 1.52. The van der Waals surface area contributed by atoms with Gasteiger partial charge < -0.3 is 25.8 Å². The molecule has 2 atom stereocenters. The summed E-state index contributed by atoms with van der Waals surface area (Å²) in [6, 6.07) is 13.4. The Bertz CT molecular complexity index is 976. The van der Waals surface area contributed by atoms with E-state index < -0.39 is 35.8 Å². The minimum atomic E-state index is -1.14. The van der Waals surface area contributed by atoms with Crippen molar-refractivity contribution < 1.29 is 29.0 Å². The molecule has 0 radical (unpaired) electrons. The number of amides is 3. The van der Waals surface area contributed by atoms with Gasteiger partial charge in [0.25, 0.3) is 5.91 Å². The van der Waals surface area contributed by atoms with Crippen molar-refractivity contribution >= 4 is 23.7 Å². The van der Waals surface area contributed by atoms with Crippen molar-refractivity contribution in [2.24, 2.45) is 5.92 Å². The molecule has 0 saturated carbocycles. The van der Waals surface area contributed by atoms with E-state index in [1.165, 1.54) is 7.11 Å². The minimum absolute atomic E-state index is 0.0525. The fourth-order valence-electron chi connectivity index (χ4n) is 3.27. The third-order valence-electron chi connectivity index (χ3n) is 5.02. The molecule has 0 aliphatic rings. The van der Waals surface area contributed by atoms with Crippen molar-refractivity contribution in [1.82, 2.24) is 16.0 Å². The van der Waals surface area contributed by atoms with Gasteiger partial charge >= 0.3 is 5.97 Å². The number of carbonyl (C=O) groups is 4. The summed E-state index contributed by atoms with van der Waals surface area (Å²) in [5.74, 6) is -2.12. The van der Waals surface area contributed by atoms with Crippen LogP contribution in [-0.4, -0.2) is 54.5 Å². The Morgan fingerprint density at radius 2 is 1.56 bits per heavy atom. The Morgan fingerprint density at radius 3 is 2.12 bits per heavy atom. The molecule has 0 aliphatic heterocycles.